The zero-order chi connectivity index (χ0) is 10.9. The van der Waals surface area contributed by atoms with Gasteiger partial charge in [0.05, 0.1) is 19.8 Å². The van der Waals surface area contributed by atoms with E-state index in [-0.39, 0.29) is 6.04 Å². The van der Waals surface area contributed by atoms with Crippen molar-refractivity contribution >= 4 is 0 Å². The van der Waals surface area contributed by atoms with E-state index < -0.39 is 0 Å². The quantitative estimate of drug-likeness (QED) is 0.660. The zero-order valence-electron chi connectivity index (χ0n) is 9.91. The minimum Gasteiger partial charge on any atom is -0.379 e. The van der Waals surface area contributed by atoms with E-state index in [1.54, 1.807) is 0 Å². The van der Waals surface area contributed by atoms with Gasteiger partial charge in [-0.15, -0.1) is 0 Å². The van der Waals surface area contributed by atoms with Gasteiger partial charge in [0.25, 0.3) is 0 Å². The van der Waals surface area contributed by atoms with Crippen LogP contribution in [-0.4, -0.2) is 32.5 Å². The number of hydrogen-bond donors (Lipinski definition) is 1. The Labute approximate surface area is 93.3 Å². The van der Waals surface area contributed by atoms with Crippen LogP contribution in [0.5, 0.6) is 0 Å². The summed E-state index contributed by atoms with van der Waals surface area (Å²) in [6.45, 7) is 4.81. The topological polar surface area (TPSA) is 44.5 Å². The van der Waals surface area contributed by atoms with Crippen molar-refractivity contribution in [1.82, 2.24) is 0 Å². The standard InChI is InChI=1S/C12H25NO2/c1-2-14-8-9-15-10-12(13)11-6-4-3-5-7-11/h11-12H,2-10,13H2,1H3. The van der Waals surface area contributed by atoms with Gasteiger partial charge in [-0.1, -0.05) is 19.3 Å². The lowest BCUT2D eigenvalue weighted by Crippen LogP contribution is -2.36. The highest BCUT2D eigenvalue weighted by Crippen LogP contribution is 2.25. The van der Waals surface area contributed by atoms with Crippen molar-refractivity contribution in [3.63, 3.8) is 0 Å². The molecule has 0 saturated heterocycles. The molecule has 1 rings (SSSR count). The molecule has 90 valence electrons. The van der Waals surface area contributed by atoms with E-state index in [9.17, 15) is 0 Å². The van der Waals surface area contributed by atoms with Gasteiger partial charge in [-0.05, 0) is 25.7 Å². The zero-order valence-corrected chi connectivity index (χ0v) is 9.91. The third-order valence-electron chi connectivity index (χ3n) is 3.14. The van der Waals surface area contributed by atoms with Crippen molar-refractivity contribution in [2.24, 2.45) is 11.7 Å². The molecule has 1 atom stereocenters. The summed E-state index contributed by atoms with van der Waals surface area (Å²) in [5.74, 6) is 0.686. The summed E-state index contributed by atoms with van der Waals surface area (Å²) >= 11 is 0. The summed E-state index contributed by atoms with van der Waals surface area (Å²) in [6.07, 6.45) is 6.65. The molecule has 0 amide bonds. The van der Waals surface area contributed by atoms with Crippen molar-refractivity contribution in [2.75, 3.05) is 26.4 Å². The summed E-state index contributed by atoms with van der Waals surface area (Å²) < 4.78 is 10.7. The van der Waals surface area contributed by atoms with Crippen LogP contribution in [0.1, 0.15) is 39.0 Å². The van der Waals surface area contributed by atoms with Crippen molar-refractivity contribution in [2.45, 2.75) is 45.1 Å². The predicted octanol–water partition coefficient (Wildman–Crippen LogP) is 1.95. The van der Waals surface area contributed by atoms with E-state index in [0.717, 1.165) is 6.61 Å². The van der Waals surface area contributed by atoms with Crippen molar-refractivity contribution in [1.29, 1.82) is 0 Å². The number of hydrogen-bond acceptors (Lipinski definition) is 3. The van der Waals surface area contributed by atoms with Crippen molar-refractivity contribution < 1.29 is 9.47 Å². The molecule has 0 aromatic heterocycles. The second kappa shape index (κ2) is 8.08. The maximum Gasteiger partial charge on any atom is 0.0701 e. The molecular formula is C12H25NO2. The molecule has 1 aliphatic rings. The molecule has 3 nitrogen and oxygen atoms in total. The highest BCUT2D eigenvalue weighted by atomic mass is 16.5. The maximum atomic E-state index is 6.10. The van der Waals surface area contributed by atoms with Crippen LogP contribution in [0.3, 0.4) is 0 Å². The smallest absolute Gasteiger partial charge is 0.0701 e. The molecule has 1 aliphatic carbocycles. The Morgan fingerprint density at radius 2 is 1.80 bits per heavy atom. The summed E-state index contributed by atoms with van der Waals surface area (Å²) in [5.41, 5.74) is 6.10. The Morgan fingerprint density at radius 3 is 2.47 bits per heavy atom. The molecule has 0 spiro atoms. The summed E-state index contributed by atoms with van der Waals surface area (Å²) in [4.78, 5) is 0. The van der Waals surface area contributed by atoms with Gasteiger partial charge in [-0.2, -0.15) is 0 Å². The lowest BCUT2D eigenvalue weighted by Gasteiger charge is -2.27. The molecule has 1 fully saturated rings. The van der Waals surface area contributed by atoms with E-state index in [0.29, 0.717) is 25.7 Å². The van der Waals surface area contributed by atoms with Crippen molar-refractivity contribution in [3.05, 3.63) is 0 Å². The third-order valence-corrected chi connectivity index (χ3v) is 3.14. The molecule has 1 unspecified atom stereocenters. The highest BCUT2D eigenvalue weighted by molar-refractivity contribution is 4.75. The van der Waals surface area contributed by atoms with Gasteiger partial charge >= 0.3 is 0 Å². The van der Waals surface area contributed by atoms with Crippen LogP contribution in [-0.2, 0) is 9.47 Å². The Balaban J connectivity index is 1.99. The van der Waals surface area contributed by atoms with Gasteiger partial charge < -0.3 is 15.2 Å². The SMILES string of the molecule is CCOCCOCC(N)C1CCCCC1. The highest BCUT2D eigenvalue weighted by Gasteiger charge is 2.20. The van der Waals surface area contributed by atoms with Crippen LogP contribution in [0.25, 0.3) is 0 Å². The Bertz CT molecular complexity index is 147. The predicted molar refractivity (Wildman–Crippen MR) is 61.9 cm³/mol. The second-order valence-electron chi connectivity index (χ2n) is 4.33. The summed E-state index contributed by atoms with van der Waals surface area (Å²) in [6, 6.07) is 0.229. The monoisotopic (exact) mass is 215 g/mol. The molecule has 0 bridgehead atoms. The Morgan fingerprint density at radius 1 is 1.13 bits per heavy atom. The van der Waals surface area contributed by atoms with Gasteiger partial charge in [0.1, 0.15) is 0 Å². The maximum absolute atomic E-state index is 6.10. The second-order valence-corrected chi connectivity index (χ2v) is 4.33. The fourth-order valence-corrected chi connectivity index (χ4v) is 2.18. The van der Waals surface area contributed by atoms with Crippen LogP contribution in [0.15, 0.2) is 0 Å². The molecule has 0 aliphatic heterocycles. The largest absolute Gasteiger partial charge is 0.379 e. The minimum absolute atomic E-state index is 0.229. The number of nitrogens with two attached hydrogens (primary N) is 1. The van der Waals surface area contributed by atoms with E-state index in [4.69, 9.17) is 15.2 Å². The molecule has 0 heterocycles. The normalized spacial score (nSPS) is 20.4. The van der Waals surface area contributed by atoms with E-state index >= 15 is 0 Å². The molecule has 0 radical (unpaired) electrons. The van der Waals surface area contributed by atoms with Gasteiger partial charge in [-0.25, -0.2) is 0 Å². The average Bonchev–Trinajstić information content (AvgIpc) is 2.30. The molecule has 0 aromatic rings. The molecule has 2 N–H and O–H groups in total. The fraction of sp³-hybridized carbons (Fsp3) is 1.00. The Kier molecular flexibility index (Phi) is 6.98. The lowest BCUT2D eigenvalue weighted by molar-refractivity contribution is 0.0387. The minimum atomic E-state index is 0.229. The van der Waals surface area contributed by atoms with Crippen LogP contribution >= 0.6 is 0 Å². The van der Waals surface area contributed by atoms with E-state index in [2.05, 4.69) is 0 Å². The number of ether oxygens (including phenoxy) is 2. The Hall–Kier alpha value is -0.120. The fourth-order valence-electron chi connectivity index (χ4n) is 2.18. The van der Waals surface area contributed by atoms with Gasteiger partial charge in [0.15, 0.2) is 0 Å². The third kappa shape index (κ3) is 5.50. The van der Waals surface area contributed by atoms with Crippen molar-refractivity contribution in [3.8, 4) is 0 Å². The first-order valence-corrected chi connectivity index (χ1v) is 6.25. The lowest BCUT2D eigenvalue weighted by atomic mass is 9.84. The average molecular weight is 215 g/mol. The van der Waals surface area contributed by atoms with Gasteiger partial charge in [0, 0.05) is 12.6 Å². The number of rotatable bonds is 7. The summed E-state index contributed by atoms with van der Waals surface area (Å²) in [7, 11) is 0. The molecule has 15 heavy (non-hydrogen) atoms. The molecule has 3 heteroatoms. The van der Waals surface area contributed by atoms with Crippen LogP contribution in [0.2, 0.25) is 0 Å². The van der Waals surface area contributed by atoms with E-state index in [1.807, 2.05) is 6.92 Å². The molecule has 0 aromatic carbocycles. The van der Waals surface area contributed by atoms with Crippen LogP contribution in [0.4, 0.5) is 0 Å². The van der Waals surface area contributed by atoms with Gasteiger partial charge in [-0.3, -0.25) is 0 Å². The first-order valence-electron chi connectivity index (χ1n) is 6.25. The first-order chi connectivity index (χ1) is 7.34. The molecule has 1 saturated carbocycles. The van der Waals surface area contributed by atoms with Gasteiger partial charge in [0.2, 0.25) is 0 Å². The summed E-state index contributed by atoms with van der Waals surface area (Å²) in [5, 5.41) is 0. The van der Waals surface area contributed by atoms with E-state index in [1.165, 1.54) is 32.1 Å². The van der Waals surface area contributed by atoms with Crippen LogP contribution in [0, 0.1) is 5.92 Å². The first kappa shape index (κ1) is 12.9. The molecular weight excluding hydrogens is 190 g/mol. The van der Waals surface area contributed by atoms with Crippen LogP contribution < -0.4 is 5.73 Å².